The molecule has 1 aromatic heterocycles. The lowest BCUT2D eigenvalue weighted by Crippen LogP contribution is -2.35. The number of aromatic nitrogens is 1. The first-order valence-corrected chi connectivity index (χ1v) is 16.2. The largest absolute Gasteiger partial charge is 0.494 e. The summed E-state index contributed by atoms with van der Waals surface area (Å²) in [7, 11) is 2.19. The Balaban J connectivity index is 1.10. The summed E-state index contributed by atoms with van der Waals surface area (Å²) in [6.45, 7) is 7.33. The normalized spacial score (nSPS) is 14.6. The van der Waals surface area contributed by atoms with Crippen LogP contribution >= 0.6 is 0 Å². The molecule has 1 saturated heterocycles. The van der Waals surface area contributed by atoms with Crippen molar-refractivity contribution in [1.29, 1.82) is 5.26 Å². The molecule has 2 aromatic carbocycles. The molecule has 1 fully saturated rings. The zero-order valence-electron chi connectivity index (χ0n) is 26.3. The van der Waals surface area contributed by atoms with Crippen LogP contribution in [0.2, 0.25) is 0 Å². The van der Waals surface area contributed by atoms with Crippen molar-refractivity contribution in [2.24, 2.45) is 4.99 Å². The van der Waals surface area contributed by atoms with Crippen LogP contribution in [0.15, 0.2) is 84.0 Å². The number of likely N-dealkylation sites (tertiary alicyclic amines) is 1. The number of hydrogen-bond donors (Lipinski definition) is 2. The number of nitriles is 1. The molecule has 0 radical (unpaired) electrons. The average Bonchev–Trinajstić information content (AvgIpc) is 3.06. The Morgan fingerprint density at radius 1 is 1.00 bits per heavy atom. The number of nitrogens with one attached hydrogen (secondary N) is 2. The van der Waals surface area contributed by atoms with Gasteiger partial charge in [-0.2, -0.15) is 5.26 Å². The lowest BCUT2D eigenvalue weighted by molar-refractivity contribution is 0.220. The summed E-state index contributed by atoms with van der Waals surface area (Å²) in [6, 6.07) is 25.3. The van der Waals surface area contributed by atoms with Gasteiger partial charge in [0.1, 0.15) is 5.75 Å². The quantitative estimate of drug-likeness (QED) is 0.0672. The first-order chi connectivity index (χ1) is 21.7. The zero-order chi connectivity index (χ0) is 30.7. The van der Waals surface area contributed by atoms with Gasteiger partial charge in [0, 0.05) is 43.9 Å². The molecular weight excluding hydrogens is 546 g/mol. The number of ether oxygens (including phenoxy) is 1. The summed E-state index contributed by atoms with van der Waals surface area (Å²) in [5.41, 5.74) is 3.74. The van der Waals surface area contributed by atoms with Gasteiger partial charge in [-0.3, -0.25) is 20.2 Å². The van der Waals surface area contributed by atoms with E-state index in [2.05, 4.69) is 98.1 Å². The van der Waals surface area contributed by atoms with E-state index in [0.29, 0.717) is 19.1 Å². The molecule has 0 saturated carbocycles. The summed E-state index contributed by atoms with van der Waals surface area (Å²) in [5, 5.41) is 15.1. The van der Waals surface area contributed by atoms with Crippen LogP contribution in [0, 0.1) is 11.5 Å². The smallest absolute Gasteiger partial charge is 0.204 e. The van der Waals surface area contributed by atoms with Crippen LogP contribution in [0.1, 0.15) is 67.7 Å². The molecule has 0 aliphatic carbocycles. The van der Waals surface area contributed by atoms with E-state index in [9.17, 15) is 0 Å². The van der Waals surface area contributed by atoms with Crippen LogP contribution in [-0.2, 0) is 6.54 Å². The Hall–Kier alpha value is -3.93. The molecule has 1 aliphatic heterocycles. The highest BCUT2D eigenvalue weighted by atomic mass is 16.5. The third-order valence-electron chi connectivity index (χ3n) is 8.07. The molecule has 1 unspecified atom stereocenters. The fraction of sp³-hybridized carbons (Fsp3) is 0.472. The van der Waals surface area contributed by atoms with Crippen LogP contribution in [0.4, 0.5) is 0 Å². The Kier molecular flexibility index (Phi) is 14.5. The van der Waals surface area contributed by atoms with Crippen LogP contribution in [-0.4, -0.2) is 73.7 Å². The van der Waals surface area contributed by atoms with E-state index in [1.165, 1.54) is 43.5 Å². The van der Waals surface area contributed by atoms with Crippen molar-refractivity contribution in [3.63, 3.8) is 0 Å². The topological polar surface area (TPSA) is 88.8 Å². The van der Waals surface area contributed by atoms with Crippen LogP contribution < -0.4 is 15.4 Å². The number of nitrogens with zero attached hydrogens (tertiary/aromatic N) is 5. The van der Waals surface area contributed by atoms with Crippen molar-refractivity contribution in [3.05, 3.63) is 95.8 Å². The summed E-state index contributed by atoms with van der Waals surface area (Å²) < 4.78 is 6.00. The summed E-state index contributed by atoms with van der Waals surface area (Å²) in [5.74, 6) is 1.73. The molecule has 2 heterocycles. The molecule has 1 atom stereocenters. The Morgan fingerprint density at radius 2 is 1.84 bits per heavy atom. The van der Waals surface area contributed by atoms with Gasteiger partial charge in [-0.1, -0.05) is 55.0 Å². The number of guanidine groups is 1. The van der Waals surface area contributed by atoms with Gasteiger partial charge in [0.15, 0.2) is 6.19 Å². The molecule has 234 valence electrons. The second-order valence-corrected chi connectivity index (χ2v) is 11.6. The minimum atomic E-state index is 0.289. The Labute approximate surface area is 264 Å². The minimum absolute atomic E-state index is 0.289. The number of aliphatic imine (C=N–C) groups is 1. The predicted octanol–water partition coefficient (Wildman–Crippen LogP) is 5.79. The number of hydrogen-bond acceptors (Lipinski definition) is 6. The van der Waals surface area contributed by atoms with E-state index >= 15 is 0 Å². The van der Waals surface area contributed by atoms with Crippen molar-refractivity contribution < 1.29 is 4.74 Å². The number of pyridine rings is 1. The molecule has 8 heteroatoms. The van der Waals surface area contributed by atoms with Crippen LogP contribution in [0.3, 0.4) is 0 Å². The number of unbranched alkanes of at least 4 members (excludes halogenated alkanes) is 1. The zero-order valence-corrected chi connectivity index (χ0v) is 26.3. The molecule has 4 rings (SSSR count). The first-order valence-electron chi connectivity index (χ1n) is 16.2. The van der Waals surface area contributed by atoms with Crippen LogP contribution in [0.5, 0.6) is 5.75 Å². The van der Waals surface area contributed by atoms with Crippen molar-refractivity contribution in [2.75, 3.05) is 52.9 Å². The third-order valence-corrected chi connectivity index (χ3v) is 8.07. The van der Waals surface area contributed by atoms with Gasteiger partial charge in [-0.25, -0.2) is 0 Å². The fourth-order valence-electron chi connectivity index (χ4n) is 5.67. The molecule has 8 nitrogen and oxygen atoms in total. The maximum atomic E-state index is 9.15. The second-order valence-electron chi connectivity index (χ2n) is 11.6. The molecule has 2 N–H and O–H groups in total. The lowest BCUT2D eigenvalue weighted by atomic mass is 9.92. The van der Waals surface area contributed by atoms with Crippen molar-refractivity contribution in [3.8, 4) is 11.9 Å². The fourth-order valence-corrected chi connectivity index (χ4v) is 5.67. The van der Waals surface area contributed by atoms with Gasteiger partial charge in [-0.05, 0) is 101 Å². The van der Waals surface area contributed by atoms with E-state index in [1.807, 2.05) is 24.5 Å². The third kappa shape index (κ3) is 12.0. The van der Waals surface area contributed by atoms with Gasteiger partial charge in [0.2, 0.25) is 5.96 Å². The molecule has 0 spiro atoms. The number of rotatable bonds is 17. The van der Waals surface area contributed by atoms with Gasteiger partial charge >= 0.3 is 0 Å². The SMILES string of the molecule is CN(CCCCNC(=NCCCOc1cccc(CN2CCCCC2)c1)NC#N)CCC(c1ccccc1)c1ccccn1. The van der Waals surface area contributed by atoms with Gasteiger partial charge in [0.25, 0.3) is 0 Å². The summed E-state index contributed by atoms with van der Waals surface area (Å²) >= 11 is 0. The van der Waals surface area contributed by atoms with Gasteiger partial charge in [0.05, 0.1) is 6.61 Å². The molecule has 3 aromatic rings. The van der Waals surface area contributed by atoms with Crippen molar-refractivity contribution >= 4 is 5.96 Å². The van der Waals surface area contributed by atoms with Crippen LogP contribution in [0.25, 0.3) is 0 Å². The highest BCUT2D eigenvalue weighted by Gasteiger charge is 2.16. The van der Waals surface area contributed by atoms with Crippen molar-refractivity contribution in [2.45, 2.75) is 57.4 Å². The maximum Gasteiger partial charge on any atom is 0.204 e. The maximum absolute atomic E-state index is 9.15. The highest BCUT2D eigenvalue weighted by molar-refractivity contribution is 5.81. The van der Waals surface area contributed by atoms with E-state index in [4.69, 9.17) is 10.00 Å². The lowest BCUT2D eigenvalue weighted by Gasteiger charge is -2.26. The predicted molar refractivity (Wildman–Crippen MR) is 179 cm³/mol. The second kappa shape index (κ2) is 19.4. The average molecular weight is 596 g/mol. The summed E-state index contributed by atoms with van der Waals surface area (Å²) in [4.78, 5) is 14.1. The van der Waals surface area contributed by atoms with E-state index < -0.39 is 0 Å². The highest BCUT2D eigenvalue weighted by Crippen LogP contribution is 2.26. The standard InChI is InChI=1S/C36H49N7O/c1-42(26-19-34(32-15-4-2-5-16-32)35-18-6-7-20-38-35)23-11-8-21-39-36(41-30-37)40-22-13-27-44-33-17-12-14-31(28-33)29-43-24-9-3-10-25-43/h2,4-7,12,14-18,20,28,34H,3,8-11,13,19,21-27,29H2,1H3,(H2,39,40,41). The van der Waals surface area contributed by atoms with Crippen molar-refractivity contribution in [1.82, 2.24) is 25.4 Å². The Morgan fingerprint density at radius 3 is 2.64 bits per heavy atom. The number of benzene rings is 2. The Bertz CT molecular complexity index is 1230. The molecule has 0 amide bonds. The number of piperidine rings is 1. The first kappa shape index (κ1) is 33.0. The monoisotopic (exact) mass is 595 g/mol. The molecular formula is C36H49N7O. The molecule has 44 heavy (non-hydrogen) atoms. The van der Waals surface area contributed by atoms with E-state index in [0.717, 1.165) is 63.3 Å². The van der Waals surface area contributed by atoms with E-state index in [1.54, 1.807) is 0 Å². The molecule has 0 bridgehead atoms. The summed E-state index contributed by atoms with van der Waals surface area (Å²) in [6.07, 6.45) is 11.7. The van der Waals surface area contributed by atoms with Gasteiger partial charge in [-0.15, -0.1) is 0 Å². The van der Waals surface area contributed by atoms with Gasteiger partial charge < -0.3 is 15.0 Å². The van der Waals surface area contributed by atoms with E-state index in [-0.39, 0.29) is 5.92 Å². The molecule has 1 aliphatic rings. The minimum Gasteiger partial charge on any atom is -0.494 e.